The van der Waals surface area contributed by atoms with Crippen LogP contribution in [0.4, 0.5) is 0 Å². The highest BCUT2D eigenvalue weighted by molar-refractivity contribution is 6.27. The van der Waals surface area contributed by atoms with E-state index in [2.05, 4.69) is 152 Å². The summed E-state index contributed by atoms with van der Waals surface area (Å²) in [7, 11) is 0. The van der Waals surface area contributed by atoms with Crippen molar-refractivity contribution in [3.8, 4) is 33.4 Å². The van der Waals surface area contributed by atoms with Crippen LogP contribution in [0.1, 0.15) is 0 Å². The summed E-state index contributed by atoms with van der Waals surface area (Å²) in [5.41, 5.74) is 11.0. The van der Waals surface area contributed by atoms with E-state index in [0.717, 1.165) is 49.3 Å². The minimum Gasteiger partial charge on any atom is -0.456 e. The van der Waals surface area contributed by atoms with Crippen molar-refractivity contribution in [3.05, 3.63) is 170 Å². The van der Waals surface area contributed by atoms with E-state index in [-0.39, 0.29) is 0 Å². The standard InChI is InChI=1S/C48H28O2/c1-6-18-39-32(11-1)41(28-42-34-13-8-10-20-44(34)50-48(39)42)47-37-16-4-2-14-35(37)46(36-15-3-5-17-38(36)47)30-23-21-29(22-24-30)31-25-26-45-40(27-31)33-12-7-9-19-43(33)49-45/h1-28H. The van der Waals surface area contributed by atoms with Gasteiger partial charge in [-0.1, -0.05) is 140 Å². The summed E-state index contributed by atoms with van der Waals surface area (Å²) >= 11 is 0. The Morgan fingerprint density at radius 2 is 0.720 bits per heavy atom. The van der Waals surface area contributed by atoms with Gasteiger partial charge in [0.1, 0.15) is 22.3 Å². The van der Waals surface area contributed by atoms with Crippen molar-refractivity contribution in [2.75, 3.05) is 0 Å². The first-order valence-corrected chi connectivity index (χ1v) is 17.1. The first-order chi connectivity index (χ1) is 24.8. The number of rotatable bonds is 3. The number of para-hydroxylation sites is 2. The molecule has 50 heavy (non-hydrogen) atoms. The van der Waals surface area contributed by atoms with Gasteiger partial charge in [0, 0.05) is 26.9 Å². The zero-order valence-corrected chi connectivity index (χ0v) is 27.0. The van der Waals surface area contributed by atoms with Crippen LogP contribution in [0, 0.1) is 0 Å². The fraction of sp³-hybridized carbons (Fsp3) is 0. The van der Waals surface area contributed by atoms with Gasteiger partial charge in [0.25, 0.3) is 0 Å². The molecule has 11 aromatic rings. The maximum atomic E-state index is 6.48. The van der Waals surface area contributed by atoms with Crippen molar-refractivity contribution < 1.29 is 8.83 Å². The summed E-state index contributed by atoms with van der Waals surface area (Å²) in [6.45, 7) is 0. The van der Waals surface area contributed by atoms with E-state index in [0.29, 0.717) is 0 Å². The zero-order valence-electron chi connectivity index (χ0n) is 27.0. The van der Waals surface area contributed by atoms with E-state index >= 15 is 0 Å². The molecule has 0 fully saturated rings. The van der Waals surface area contributed by atoms with Gasteiger partial charge in [-0.3, -0.25) is 0 Å². The van der Waals surface area contributed by atoms with Crippen LogP contribution in [0.3, 0.4) is 0 Å². The quantitative estimate of drug-likeness (QED) is 0.180. The fourth-order valence-corrected chi connectivity index (χ4v) is 8.22. The lowest BCUT2D eigenvalue weighted by atomic mass is 9.84. The SMILES string of the molecule is c1ccc2c(c1)oc1ccc(-c3ccc(-c4c5ccccc5c(-c5cc6c7ccccc7oc6c6ccccc56)c5ccccc45)cc3)cc12. The second-order valence-corrected chi connectivity index (χ2v) is 13.2. The Labute approximate surface area is 287 Å². The highest BCUT2D eigenvalue weighted by Gasteiger charge is 2.21. The molecule has 2 heteroatoms. The van der Waals surface area contributed by atoms with Crippen LogP contribution >= 0.6 is 0 Å². The lowest BCUT2D eigenvalue weighted by Crippen LogP contribution is -1.92. The summed E-state index contributed by atoms with van der Waals surface area (Å²) in [5.74, 6) is 0. The second kappa shape index (κ2) is 10.4. The first kappa shape index (κ1) is 27.3. The summed E-state index contributed by atoms with van der Waals surface area (Å²) in [6, 6.07) is 61.0. The number of benzene rings is 9. The van der Waals surface area contributed by atoms with Crippen molar-refractivity contribution in [3.63, 3.8) is 0 Å². The van der Waals surface area contributed by atoms with Gasteiger partial charge in [0.15, 0.2) is 0 Å². The van der Waals surface area contributed by atoms with Crippen LogP contribution in [0.5, 0.6) is 0 Å². The highest BCUT2D eigenvalue weighted by atomic mass is 16.3. The minimum absolute atomic E-state index is 0.913. The molecular formula is C48H28O2. The Balaban J connectivity index is 1.14. The van der Waals surface area contributed by atoms with Crippen molar-refractivity contribution in [1.82, 2.24) is 0 Å². The van der Waals surface area contributed by atoms with Crippen LogP contribution < -0.4 is 0 Å². The van der Waals surface area contributed by atoms with E-state index < -0.39 is 0 Å². The topological polar surface area (TPSA) is 26.3 Å². The predicted octanol–water partition coefficient (Wildman–Crippen LogP) is 13.9. The molecule has 2 aromatic heterocycles. The third-order valence-electron chi connectivity index (χ3n) is 10.5. The molecule has 0 spiro atoms. The van der Waals surface area contributed by atoms with Crippen molar-refractivity contribution in [1.29, 1.82) is 0 Å². The Hall–Kier alpha value is -6.64. The van der Waals surface area contributed by atoms with E-state index in [1.807, 2.05) is 18.2 Å². The van der Waals surface area contributed by atoms with Crippen molar-refractivity contribution >= 4 is 76.2 Å². The number of fused-ring (bicyclic) bond motifs is 10. The van der Waals surface area contributed by atoms with E-state index in [1.165, 1.54) is 60.3 Å². The molecule has 0 saturated heterocycles. The molecule has 2 heterocycles. The molecule has 0 aliphatic heterocycles. The zero-order chi connectivity index (χ0) is 32.8. The minimum atomic E-state index is 0.913. The van der Waals surface area contributed by atoms with Crippen LogP contribution in [0.2, 0.25) is 0 Å². The average molecular weight is 637 g/mol. The average Bonchev–Trinajstić information content (AvgIpc) is 3.75. The van der Waals surface area contributed by atoms with Gasteiger partial charge in [-0.15, -0.1) is 0 Å². The van der Waals surface area contributed by atoms with Gasteiger partial charge in [-0.05, 0) is 90.6 Å². The molecule has 0 N–H and O–H groups in total. The predicted molar refractivity (Wildman–Crippen MR) is 210 cm³/mol. The van der Waals surface area contributed by atoms with Crippen LogP contribution in [-0.4, -0.2) is 0 Å². The molecule has 0 atom stereocenters. The molecule has 0 unspecified atom stereocenters. The molecule has 11 rings (SSSR count). The third kappa shape index (κ3) is 3.90. The normalized spacial score (nSPS) is 12.0. The molecular weight excluding hydrogens is 609 g/mol. The Bertz CT molecular complexity index is 3080. The number of furan rings is 2. The lowest BCUT2D eigenvalue weighted by Gasteiger charge is -2.19. The molecule has 0 saturated carbocycles. The lowest BCUT2D eigenvalue weighted by molar-refractivity contribution is 0.669. The van der Waals surface area contributed by atoms with Crippen LogP contribution in [-0.2, 0) is 0 Å². The summed E-state index contributed by atoms with van der Waals surface area (Å²) in [6.07, 6.45) is 0. The van der Waals surface area contributed by atoms with Gasteiger partial charge in [0.2, 0.25) is 0 Å². The molecule has 0 radical (unpaired) electrons. The Morgan fingerprint density at radius 3 is 1.38 bits per heavy atom. The molecule has 2 nitrogen and oxygen atoms in total. The highest BCUT2D eigenvalue weighted by Crippen LogP contribution is 2.47. The monoisotopic (exact) mass is 636 g/mol. The maximum absolute atomic E-state index is 6.48. The van der Waals surface area contributed by atoms with Gasteiger partial charge < -0.3 is 8.83 Å². The fourth-order valence-electron chi connectivity index (χ4n) is 8.22. The van der Waals surface area contributed by atoms with Crippen LogP contribution in [0.25, 0.3) is 110 Å². The Kier molecular flexibility index (Phi) is 5.70. The van der Waals surface area contributed by atoms with Gasteiger partial charge in [0.05, 0.1) is 0 Å². The van der Waals surface area contributed by atoms with E-state index in [4.69, 9.17) is 8.83 Å². The molecule has 9 aromatic carbocycles. The maximum Gasteiger partial charge on any atom is 0.143 e. The molecule has 0 amide bonds. The van der Waals surface area contributed by atoms with Gasteiger partial charge >= 0.3 is 0 Å². The molecule has 0 aliphatic rings. The van der Waals surface area contributed by atoms with Crippen molar-refractivity contribution in [2.24, 2.45) is 0 Å². The number of hydrogen-bond donors (Lipinski definition) is 0. The molecule has 232 valence electrons. The number of hydrogen-bond acceptors (Lipinski definition) is 2. The largest absolute Gasteiger partial charge is 0.456 e. The second-order valence-electron chi connectivity index (χ2n) is 13.2. The van der Waals surface area contributed by atoms with E-state index in [1.54, 1.807) is 0 Å². The summed E-state index contributed by atoms with van der Waals surface area (Å²) in [4.78, 5) is 0. The van der Waals surface area contributed by atoms with Crippen LogP contribution in [0.15, 0.2) is 179 Å². The van der Waals surface area contributed by atoms with Crippen molar-refractivity contribution in [2.45, 2.75) is 0 Å². The molecule has 0 aliphatic carbocycles. The van der Waals surface area contributed by atoms with Gasteiger partial charge in [-0.2, -0.15) is 0 Å². The summed E-state index contributed by atoms with van der Waals surface area (Å²) in [5, 5.41) is 11.8. The third-order valence-corrected chi connectivity index (χ3v) is 10.5. The molecule has 0 bridgehead atoms. The summed E-state index contributed by atoms with van der Waals surface area (Å²) < 4.78 is 12.6. The smallest absolute Gasteiger partial charge is 0.143 e. The Morgan fingerprint density at radius 1 is 0.260 bits per heavy atom. The van der Waals surface area contributed by atoms with E-state index in [9.17, 15) is 0 Å². The first-order valence-electron chi connectivity index (χ1n) is 17.1. The van der Waals surface area contributed by atoms with Gasteiger partial charge in [-0.25, -0.2) is 0 Å².